The second kappa shape index (κ2) is 5.10. The van der Waals surface area contributed by atoms with Crippen LogP contribution in [0.15, 0.2) is 0 Å². The fourth-order valence-electron chi connectivity index (χ4n) is 5.43. The van der Waals surface area contributed by atoms with Gasteiger partial charge in [0.15, 0.2) is 0 Å². The van der Waals surface area contributed by atoms with Crippen LogP contribution in [0.25, 0.3) is 0 Å². The summed E-state index contributed by atoms with van der Waals surface area (Å²) in [5.41, 5.74) is -0.252. The summed E-state index contributed by atoms with van der Waals surface area (Å²) in [6.07, 6.45) is 8.20. The molecule has 4 aliphatic carbocycles. The maximum Gasteiger partial charge on any atom is 0.220 e. The van der Waals surface area contributed by atoms with Crippen LogP contribution >= 0.6 is 0 Å². The molecule has 0 spiro atoms. The van der Waals surface area contributed by atoms with E-state index in [4.69, 9.17) is 0 Å². The lowest BCUT2D eigenvalue weighted by atomic mass is 9.48. The molecule has 4 aliphatic rings. The van der Waals surface area contributed by atoms with E-state index in [2.05, 4.69) is 5.32 Å². The first-order valence-corrected chi connectivity index (χ1v) is 8.60. The summed E-state index contributed by atoms with van der Waals surface area (Å²) in [6.45, 7) is 5.93. The van der Waals surface area contributed by atoms with E-state index in [1.807, 2.05) is 20.8 Å². The zero-order valence-electron chi connectivity index (χ0n) is 13.7. The third kappa shape index (κ3) is 3.17. The standard InChI is InChI=1S/C18H29NO2/c1-17(2,3)19-16(21)5-4-15(20)18-9-12-6-13(10-18)8-14(7-12)11-18/h12-14H,4-11H2,1-3H3,(H,19,21). The smallest absolute Gasteiger partial charge is 0.220 e. The second-order valence-electron chi connectivity index (χ2n) is 8.92. The van der Waals surface area contributed by atoms with Gasteiger partial charge < -0.3 is 5.32 Å². The lowest BCUT2D eigenvalue weighted by molar-refractivity contribution is -0.145. The van der Waals surface area contributed by atoms with Crippen molar-refractivity contribution >= 4 is 11.7 Å². The highest BCUT2D eigenvalue weighted by molar-refractivity contribution is 5.89. The van der Waals surface area contributed by atoms with Crippen molar-refractivity contribution in [3.05, 3.63) is 0 Å². The molecule has 0 saturated heterocycles. The molecule has 0 aromatic rings. The molecule has 0 aliphatic heterocycles. The Bertz CT molecular complexity index is 411. The number of hydrogen-bond donors (Lipinski definition) is 1. The van der Waals surface area contributed by atoms with Gasteiger partial charge in [-0.2, -0.15) is 0 Å². The van der Waals surface area contributed by atoms with Crippen LogP contribution in [0.4, 0.5) is 0 Å². The average molecular weight is 291 g/mol. The number of hydrogen-bond acceptors (Lipinski definition) is 2. The molecule has 4 fully saturated rings. The van der Waals surface area contributed by atoms with Crippen LogP contribution in [0.5, 0.6) is 0 Å². The van der Waals surface area contributed by atoms with E-state index in [1.165, 1.54) is 19.3 Å². The quantitative estimate of drug-likeness (QED) is 0.862. The number of Topliss-reactive ketones (excluding diaryl/α,β-unsaturated/α-hetero) is 1. The maximum atomic E-state index is 12.8. The van der Waals surface area contributed by atoms with Crippen LogP contribution in [-0.2, 0) is 9.59 Å². The van der Waals surface area contributed by atoms with Crippen LogP contribution in [0.1, 0.15) is 72.1 Å². The van der Waals surface area contributed by atoms with Gasteiger partial charge in [0.05, 0.1) is 0 Å². The molecule has 4 rings (SSSR count). The minimum Gasteiger partial charge on any atom is -0.351 e. The van der Waals surface area contributed by atoms with Gasteiger partial charge in [0.1, 0.15) is 5.78 Å². The zero-order valence-corrected chi connectivity index (χ0v) is 13.7. The number of nitrogens with one attached hydrogen (secondary N) is 1. The fraction of sp³-hybridized carbons (Fsp3) is 0.889. The molecule has 0 radical (unpaired) electrons. The summed E-state index contributed by atoms with van der Waals surface area (Å²) in [6, 6.07) is 0. The zero-order chi connectivity index (χ0) is 15.3. The SMILES string of the molecule is CC(C)(C)NC(=O)CCC(=O)C12CC3CC(CC(C3)C1)C2. The minimum absolute atomic E-state index is 0.0144. The second-order valence-corrected chi connectivity index (χ2v) is 8.92. The number of rotatable bonds is 4. The molecule has 118 valence electrons. The van der Waals surface area contributed by atoms with Crippen molar-refractivity contribution in [3.8, 4) is 0 Å². The molecule has 3 heteroatoms. The fourth-order valence-corrected chi connectivity index (χ4v) is 5.43. The first kappa shape index (κ1) is 15.1. The molecule has 0 aromatic carbocycles. The van der Waals surface area contributed by atoms with E-state index in [1.54, 1.807) is 0 Å². The molecule has 0 unspecified atom stereocenters. The van der Waals surface area contributed by atoms with Gasteiger partial charge in [0.25, 0.3) is 0 Å². The summed E-state index contributed by atoms with van der Waals surface area (Å²) < 4.78 is 0. The van der Waals surface area contributed by atoms with Crippen molar-refractivity contribution in [2.45, 2.75) is 77.7 Å². The molecule has 21 heavy (non-hydrogen) atoms. The topological polar surface area (TPSA) is 46.2 Å². The Balaban J connectivity index is 1.57. The Morgan fingerprint density at radius 3 is 1.86 bits per heavy atom. The van der Waals surface area contributed by atoms with E-state index in [9.17, 15) is 9.59 Å². The summed E-state index contributed by atoms with van der Waals surface area (Å²) in [5, 5.41) is 2.96. The van der Waals surface area contributed by atoms with E-state index >= 15 is 0 Å². The van der Waals surface area contributed by atoms with Crippen LogP contribution < -0.4 is 5.32 Å². The first-order valence-electron chi connectivity index (χ1n) is 8.60. The monoisotopic (exact) mass is 291 g/mol. The predicted molar refractivity (Wildman–Crippen MR) is 82.7 cm³/mol. The van der Waals surface area contributed by atoms with Crippen molar-refractivity contribution in [1.29, 1.82) is 0 Å². The molecule has 1 N–H and O–H groups in total. The van der Waals surface area contributed by atoms with Gasteiger partial charge in [-0.15, -0.1) is 0 Å². The Hall–Kier alpha value is -0.860. The van der Waals surface area contributed by atoms with Crippen molar-refractivity contribution < 1.29 is 9.59 Å². The molecule has 3 nitrogen and oxygen atoms in total. The molecule has 0 heterocycles. The number of carbonyl (C=O) groups excluding carboxylic acids is 2. The van der Waals surface area contributed by atoms with E-state index in [0.717, 1.165) is 37.0 Å². The Kier molecular flexibility index (Phi) is 3.66. The largest absolute Gasteiger partial charge is 0.351 e. The number of carbonyl (C=O) groups is 2. The van der Waals surface area contributed by atoms with Gasteiger partial charge in [0, 0.05) is 23.8 Å². The first-order chi connectivity index (χ1) is 9.76. The molecular weight excluding hydrogens is 262 g/mol. The summed E-state index contributed by atoms with van der Waals surface area (Å²) in [4.78, 5) is 24.7. The van der Waals surface area contributed by atoms with Gasteiger partial charge in [-0.25, -0.2) is 0 Å². The Labute approximate surface area is 128 Å². The summed E-state index contributed by atoms with van der Waals surface area (Å²) in [5.74, 6) is 2.78. The third-order valence-electron chi connectivity index (χ3n) is 5.72. The van der Waals surface area contributed by atoms with E-state index in [0.29, 0.717) is 18.6 Å². The summed E-state index contributed by atoms with van der Waals surface area (Å²) in [7, 11) is 0. The molecule has 4 bridgehead atoms. The lowest BCUT2D eigenvalue weighted by Gasteiger charge is -2.56. The van der Waals surface area contributed by atoms with E-state index in [-0.39, 0.29) is 16.9 Å². The number of ketones is 1. The van der Waals surface area contributed by atoms with Gasteiger partial charge in [-0.3, -0.25) is 9.59 Å². The summed E-state index contributed by atoms with van der Waals surface area (Å²) >= 11 is 0. The van der Waals surface area contributed by atoms with Crippen LogP contribution in [0.3, 0.4) is 0 Å². The third-order valence-corrected chi connectivity index (χ3v) is 5.72. The van der Waals surface area contributed by atoms with Gasteiger partial charge >= 0.3 is 0 Å². The van der Waals surface area contributed by atoms with Crippen LogP contribution in [-0.4, -0.2) is 17.2 Å². The van der Waals surface area contributed by atoms with Crippen LogP contribution in [0.2, 0.25) is 0 Å². The van der Waals surface area contributed by atoms with Gasteiger partial charge in [0.2, 0.25) is 5.91 Å². The number of amides is 1. The highest BCUT2D eigenvalue weighted by Crippen LogP contribution is 2.60. The van der Waals surface area contributed by atoms with Gasteiger partial charge in [-0.05, 0) is 77.0 Å². The molecule has 0 atom stereocenters. The average Bonchev–Trinajstić information content (AvgIpc) is 2.32. The normalized spacial score (nSPS) is 37.6. The molecular formula is C18H29NO2. The maximum absolute atomic E-state index is 12.8. The highest BCUT2D eigenvalue weighted by atomic mass is 16.2. The Morgan fingerprint density at radius 1 is 0.952 bits per heavy atom. The molecule has 4 saturated carbocycles. The minimum atomic E-state index is -0.208. The van der Waals surface area contributed by atoms with Crippen molar-refractivity contribution in [3.63, 3.8) is 0 Å². The van der Waals surface area contributed by atoms with E-state index < -0.39 is 0 Å². The van der Waals surface area contributed by atoms with Crippen molar-refractivity contribution in [1.82, 2.24) is 5.32 Å². The molecule has 1 amide bonds. The lowest BCUT2D eigenvalue weighted by Crippen LogP contribution is -2.50. The van der Waals surface area contributed by atoms with Gasteiger partial charge in [-0.1, -0.05) is 0 Å². The van der Waals surface area contributed by atoms with Crippen LogP contribution in [0, 0.1) is 23.2 Å². The predicted octanol–water partition coefficient (Wildman–Crippen LogP) is 3.47. The Morgan fingerprint density at radius 2 is 1.43 bits per heavy atom. The van der Waals surface area contributed by atoms with Crippen molar-refractivity contribution in [2.75, 3.05) is 0 Å². The molecule has 0 aromatic heterocycles. The highest BCUT2D eigenvalue weighted by Gasteiger charge is 2.53. The van der Waals surface area contributed by atoms with Crippen molar-refractivity contribution in [2.24, 2.45) is 23.2 Å².